The topological polar surface area (TPSA) is 192 Å². The first kappa shape index (κ1) is 30.1. The Morgan fingerprint density at radius 2 is 1.50 bits per heavy atom. The zero-order valence-corrected chi connectivity index (χ0v) is 21.0. The largest absolute Gasteiger partial charge is 0.478 e. The molecule has 2 aliphatic rings. The lowest BCUT2D eigenvalue weighted by molar-refractivity contribution is -0.134. The molecule has 206 valence electrons. The van der Waals surface area contributed by atoms with E-state index >= 15 is 0 Å². The average Bonchev–Trinajstić information content (AvgIpc) is 3.51. The van der Waals surface area contributed by atoms with Crippen LogP contribution >= 0.6 is 0 Å². The van der Waals surface area contributed by atoms with Crippen LogP contribution in [0.15, 0.2) is 42.6 Å². The second kappa shape index (κ2) is 15.2. The van der Waals surface area contributed by atoms with Gasteiger partial charge < -0.3 is 34.6 Å². The van der Waals surface area contributed by atoms with Crippen LogP contribution in [-0.4, -0.2) is 96.6 Å². The SMILES string of the molecule is CN1CCC(c2nc3cccnc3n2CC2CCCO2)CC1.O=C(O)/C=C/C(=O)O.O=C(O)/C=C/C(=O)O. The summed E-state index contributed by atoms with van der Waals surface area (Å²) >= 11 is 0. The van der Waals surface area contributed by atoms with Gasteiger partial charge in [0.05, 0.1) is 12.6 Å². The molecule has 13 heteroatoms. The van der Waals surface area contributed by atoms with Crippen LogP contribution in [0.3, 0.4) is 0 Å². The molecule has 4 heterocycles. The summed E-state index contributed by atoms with van der Waals surface area (Å²) in [6.07, 6.45) is 9.12. The number of carboxylic acids is 4. The van der Waals surface area contributed by atoms with Crippen molar-refractivity contribution in [3.63, 3.8) is 0 Å². The molecule has 0 radical (unpaired) electrons. The maximum absolute atomic E-state index is 9.55. The summed E-state index contributed by atoms with van der Waals surface area (Å²) in [7, 11) is 2.20. The molecule has 0 amide bonds. The van der Waals surface area contributed by atoms with E-state index in [1.54, 1.807) is 0 Å². The molecule has 2 aromatic rings. The van der Waals surface area contributed by atoms with Crippen LogP contribution in [0.2, 0.25) is 0 Å². The molecule has 0 aliphatic carbocycles. The normalized spacial score (nSPS) is 18.1. The van der Waals surface area contributed by atoms with Gasteiger partial charge in [-0.3, -0.25) is 0 Å². The zero-order chi connectivity index (χ0) is 28.1. The predicted molar refractivity (Wildman–Crippen MR) is 135 cm³/mol. The van der Waals surface area contributed by atoms with Crippen LogP contribution in [0, 0.1) is 0 Å². The number of imidazole rings is 1. The first-order chi connectivity index (χ1) is 18.1. The summed E-state index contributed by atoms with van der Waals surface area (Å²) in [5.41, 5.74) is 2.04. The number of ether oxygens (including phenoxy) is 1. The molecule has 0 aromatic carbocycles. The minimum atomic E-state index is -1.26. The molecule has 1 unspecified atom stereocenters. The maximum Gasteiger partial charge on any atom is 0.328 e. The van der Waals surface area contributed by atoms with Crippen LogP contribution in [0.1, 0.15) is 37.4 Å². The molecule has 38 heavy (non-hydrogen) atoms. The third kappa shape index (κ3) is 10.5. The minimum Gasteiger partial charge on any atom is -0.478 e. The van der Waals surface area contributed by atoms with E-state index in [9.17, 15) is 19.2 Å². The van der Waals surface area contributed by atoms with E-state index in [-0.39, 0.29) is 0 Å². The van der Waals surface area contributed by atoms with Gasteiger partial charge in [-0.25, -0.2) is 29.1 Å². The number of likely N-dealkylation sites (tertiary alicyclic amines) is 1. The van der Waals surface area contributed by atoms with Crippen molar-refractivity contribution in [2.24, 2.45) is 0 Å². The summed E-state index contributed by atoms with van der Waals surface area (Å²) in [4.78, 5) is 50.1. The van der Waals surface area contributed by atoms with Gasteiger partial charge in [0.2, 0.25) is 0 Å². The average molecular weight is 533 g/mol. The molecular formula is C25H32N4O9. The molecule has 2 saturated heterocycles. The van der Waals surface area contributed by atoms with Gasteiger partial charge >= 0.3 is 23.9 Å². The smallest absolute Gasteiger partial charge is 0.328 e. The van der Waals surface area contributed by atoms with Crippen LogP contribution in [-0.2, 0) is 30.5 Å². The van der Waals surface area contributed by atoms with Crippen molar-refractivity contribution in [3.8, 4) is 0 Å². The molecule has 2 aromatic heterocycles. The second-order valence-electron chi connectivity index (χ2n) is 8.66. The van der Waals surface area contributed by atoms with Crippen molar-refractivity contribution in [2.45, 2.75) is 44.2 Å². The molecule has 2 fully saturated rings. The van der Waals surface area contributed by atoms with Crippen molar-refractivity contribution < 1.29 is 44.3 Å². The number of hydrogen-bond donors (Lipinski definition) is 4. The maximum atomic E-state index is 9.55. The van der Waals surface area contributed by atoms with E-state index in [0.29, 0.717) is 36.3 Å². The highest BCUT2D eigenvalue weighted by atomic mass is 16.5. The van der Waals surface area contributed by atoms with Crippen molar-refractivity contribution in [2.75, 3.05) is 26.7 Å². The van der Waals surface area contributed by atoms with Gasteiger partial charge in [-0.1, -0.05) is 0 Å². The summed E-state index contributed by atoms with van der Waals surface area (Å²) in [5.74, 6) is -3.26. The minimum absolute atomic E-state index is 0.324. The Bertz CT molecular complexity index is 1090. The van der Waals surface area contributed by atoms with Gasteiger partial charge in [-0.2, -0.15) is 0 Å². The van der Waals surface area contributed by atoms with Gasteiger partial charge in [-0.05, 0) is 58.0 Å². The first-order valence-corrected chi connectivity index (χ1v) is 12.0. The molecule has 2 aliphatic heterocycles. The Kier molecular flexibility index (Phi) is 12.1. The third-order valence-electron chi connectivity index (χ3n) is 5.76. The zero-order valence-electron chi connectivity index (χ0n) is 21.0. The molecule has 0 saturated carbocycles. The van der Waals surface area contributed by atoms with Gasteiger partial charge in [0.25, 0.3) is 0 Å². The number of carbonyl (C=O) groups is 4. The summed E-state index contributed by atoms with van der Waals surface area (Å²) in [6, 6.07) is 4.05. The Labute approximate surface area is 218 Å². The number of aromatic nitrogens is 3. The van der Waals surface area contributed by atoms with Crippen LogP contribution in [0.4, 0.5) is 0 Å². The number of nitrogens with zero attached hydrogens (tertiary/aromatic N) is 4. The highest BCUT2D eigenvalue weighted by Gasteiger charge is 2.26. The fraction of sp³-hybridized carbons (Fsp3) is 0.440. The molecule has 0 bridgehead atoms. The second-order valence-corrected chi connectivity index (χ2v) is 8.66. The van der Waals surface area contributed by atoms with Crippen molar-refractivity contribution in [1.29, 1.82) is 0 Å². The molecular weight excluding hydrogens is 500 g/mol. The van der Waals surface area contributed by atoms with Gasteiger partial charge in [0.1, 0.15) is 11.3 Å². The number of rotatable bonds is 7. The Morgan fingerprint density at radius 3 is 1.97 bits per heavy atom. The standard InChI is InChI=1S/C17H24N4O.2C4H4O4/c1-20-9-6-13(7-10-20)16-19-15-5-2-8-18-17(15)21(16)12-14-4-3-11-22-14;2*5-3(6)1-2-4(7)8/h2,5,8,13-14H,3-4,6-7,9-12H2,1H3;2*1-2H,(H,5,6)(H,7,8)/b;2*2-1+. The monoisotopic (exact) mass is 532 g/mol. The highest BCUT2D eigenvalue weighted by molar-refractivity contribution is 5.90. The van der Waals surface area contributed by atoms with Gasteiger partial charge in [0, 0.05) is 43.0 Å². The molecule has 0 spiro atoms. The first-order valence-electron chi connectivity index (χ1n) is 12.0. The number of hydrogen-bond acceptors (Lipinski definition) is 8. The number of fused-ring (bicyclic) bond motifs is 1. The van der Waals surface area contributed by atoms with E-state index in [0.717, 1.165) is 43.8 Å². The summed E-state index contributed by atoms with van der Waals surface area (Å²) in [5, 5.41) is 31.2. The van der Waals surface area contributed by atoms with Crippen molar-refractivity contribution in [3.05, 3.63) is 48.5 Å². The van der Waals surface area contributed by atoms with Gasteiger partial charge in [-0.15, -0.1) is 0 Å². The number of piperidine rings is 1. The fourth-order valence-corrected chi connectivity index (χ4v) is 4.01. The number of carboxylic acid groups (broad SMARTS) is 4. The number of pyridine rings is 1. The lowest BCUT2D eigenvalue weighted by Crippen LogP contribution is -2.31. The van der Waals surface area contributed by atoms with E-state index < -0.39 is 23.9 Å². The third-order valence-corrected chi connectivity index (χ3v) is 5.76. The summed E-state index contributed by atoms with van der Waals surface area (Å²) < 4.78 is 8.18. The Balaban J connectivity index is 0.000000264. The Morgan fingerprint density at radius 1 is 0.947 bits per heavy atom. The molecule has 4 rings (SSSR count). The van der Waals surface area contributed by atoms with E-state index in [2.05, 4.69) is 27.6 Å². The lowest BCUT2D eigenvalue weighted by atomic mass is 9.96. The van der Waals surface area contributed by atoms with Crippen molar-refractivity contribution in [1.82, 2.24) is 19.4 Å². The predicted octanol–water partition coefficient (Wildman–Crippen LogP) is 1.84. The summed E-state index contributed by atoms with van der Waals surface area (Å²) in [6.45, 7) is 4.10. The van der Waals surface area contributed by atoms with Crippen molar-refractivity contribution >= 4 is 35.0 Å². The quantitative estimate of drug-likeness (QED) is 0.379. The Hall–Kier alpha value is -4.10. The van der Waals surface area contributed by atoms with Crippen LogP contribution in [0.25, 0.3) is 11.2 Å². The number of aliphatic carboxylic acids is 4. The van der Waals surface area contributed by atoms with E-state index in [4.69, 9.17) is 30.1 Å². The van der Waals surface area contributed by atoms with Crippen LogP contribution in [0.5, 0.6) is 0 Å². The van der Waals surface area contributed by atoms with E-state index in [1.807, 2.05) is 12.3 Å². The molecule has 4 N–H and O–H groups in total. The molecule has 13 nitrogen and oxygen atoms in total. The van der Waals surface area contributed by atoms with E-state index in [1.165, 1.54) is 25.1 Å². The fourth-order valence-electron chi connectivity index (χ4n) is 4.01. The van der Waals surface area contributed by atoms with Crippen LogP contribution < -0.4 is 0 Å². The molecule has 1 atom stereocenters. The lowest BCUT2D eigenvalue weighted by Gasteiger charge is -2.29. The van der Waals surface area contributed by atoms with Gasteiger partial charge in [0.15, 0.2) is 5.65 Å². The highest BCUT2D eigenvalue weighted by Crippen LogP contribution is 2.30.